The zero-order chi connectivity index (χ0) is 34.5. The fourth-order valence-corrected chi connectivity index (χ4v) is 6.50. The lowest BCUT2D eigenvalue weighted by Gasteiger charge is -2.41. The fourth-order valence-electron chi connectivity index (χ4n) is 6.32. The van der Waals surface area contributed by atoms with Crippen LogP contribution < -0.4 is 9.64 Å². The number of H-pyrrole nitrogens is 1. The summed E-state index contributed by atoms with van der Waals surface area (Å²) in [5.74, 6) is 1.37. The number of rotatable bonds is 11. The van der Waals surface area contributed by atoms with Gasteiger partial charge >= 0.3 is 0 Å². The SMILES string of the molecule is N#Cc1ccc(Cn2c(-c3ncc[nH]3)cnc2CN2CCN(c3cccc(Cl)c3)C(=O)C2Cc2ccccc2OCc2ccccc2)cc1F. The highest BCUT2D eigenvalue weighted by Gasteiger charge is 2.37. The summed E-state index contributed by atoms with van der Waals surface area (Å²) in [6.45, 7) is 2.04. The number of hydrogen-bond acceptors (Lipinski definition) is 6. The topological polar surface area (TPSA) is 103 Å². The summed E-state index contributed by atoms with van der Waals surface area (Å²) in [5.41, 5.74) is 4.06. The maximum absolute atomic E-state index is 14.7. The first-order chi connectivity index (χ1) is 24.5. The van der Waals surface area contributed by atoms with Gasteiger partial charge in [-0.15, -0.1) is 0 Å². The van der Waals surface area contributed by atoms with E-state index in [1.807, 2.05) is 83.4 Å². The molecule has 0 saturated carbocycles. The number of aromatic amines is 1. The second-order valence-corrected chi connectivity index (χ2v) is 12.5. The molecule has 1 aliphatic rings. The monoisotopic (exact) mass is 685 g/mol. The molecule has 7 rings (SSSR count). The van der Waals surface area contributed by atoms with Crippen LogP contribution in [0.5, 0.6) is 5.75 Å². The van der Waals surface area contributed by atoms with Gasteiger partial charge in [0.05, 0.1) is 24.3 Å². The highest BCUT2D eigenvalue weighted by Crippen LogP contribution is 2.30. The lowest BCUT2D eigenvalue weighted by atomic mass is 9.99. The molecule has 2 aromatic heterocycles. The number of benzene rings is 4. The summed E-state index contributed by atoms with van der Waals surface area (Å²) in [6.07, 6.45) is 5.52. The summed E-state index contributed by atoms with van der Waals surface area (Å²) in [4.78, 5) is 30.8. The number of piperazine rings is 1. The van der Waals surface area contributed by atoms with E-state index in [1.165, 1.54) is 12.1 Å². The quantitative estimate of drug-likeness (QED) is 0.157. The smallest absolute Gasteiger partial charge is 0.244 e. The predicted molar refractivity (Wildman–Crippen MR) is 189 cm³/mol. The van der Waals surface area contributed by atoms with Crippen LogP contribution >= 0.6 is 11.6 Å². The van der Waals surface area contributed by atoms with Gasteiger partial charge in [0.15, 0.2) is 5.82 Å². The van der Waals surface area contributed by atoms with Crippen molar-refractivity contribution in [3.8, 4) is 23.3 Å². The molecule has 6 aromatic rings. The summed E-state index contributed by atoms with van der Waals surface area (Å²) in [5, 5.41) is 9.81. The molecule has 0 spiro atoms. The lowest BCUT2D eigenvalue weighted by Crippen LogP contribution is -2.57. The molecule has 1 amide bonds. The second-order valence-electron chi connectivity index (χ2n) is 12.1. The normalized spacial score (nSPS) is 14.9. The Balaban J connectivity index is 1.22. The molecule has 1 saturated heterocycles. The second kappa shape index (κ2) is 14.8. The van der Waals surface area contributed by atoms with Crippen LogP contribution in [0.15, 0.2) is 116 Å². The molecular weight excluding hydrogens is 653 g/mol. The average Bonchev–Trinajstić information content (AvgIpc) is 3.80. The Kier molecular flexibility index (Phi) is 9.69. The lowest BCUT2D eigenvalue weighted by molar-refractivity contribution is -0.126. The molecule has 11 heteroatoms. The Labute approximate surface area is 294 Å². The molecule has 1 aliphatic heterocycles. The molecule has 3 heterocycles. The minimum atomic E-state index is -0.581. The van der Waals surface area contributed by atoms with E-state index in [0.29, 0.717) is 60.6 Å². The third-order valence-electron chi connectivity index (χ3n) is 8.86. The van der Waals surface area contributed by atoms with Crippen LogP contribution in [0.25, 0.3) is 11.5 Å². The van der Waals surface area contributed by atoms with E-state index in [4.69, 9.17) is 21.3 Å². The molecule has 1 atom stereocenters. The van der Waals surface area contributed by atoms with E-state index in [-0.39, 0.29) is 18.0 Å². The van der Waals surface area contributed by atoms with Gasteiger partial charge in [-0.05, 0) is 53.1 Å². The Hall–Kier alpha value is -5.76. The number of imidazole rings is 2. The molecular formula is C39H33ClFN7O2. The molecule has 250 valence electrons. The molecule has 9 nitrogen and oxygen atoms in total. The van der Waals surface area contributed by atoms with E-state index >= 15 is 0 Å². The van der Waals surface area contributed by atoms with Gasteiger partial charge in [-0.1, -0.05) is 72.3 Å². The molecule has 1 unspecified atom stereocenters. The van der Waals surface area contributed by atoms with Crippen LogP contribution in [0, 0.1) is 17.1 Å². The number of nitriles is 1. The number of halogens is 2. The van der Waals surface area contributed by atoms with Crippen molar-refractivity contribution in [1.29, 1.82) is 5.26 Å². The number of anilines is 1. The first-order valence-electron chi connectivity index (χ1n) is 16.2. The molecule has 0 radical (unpaired) electrons. The average molecular weight is 686 g/mol. The minimum absolute atomic E-state index is 0.0159. The number of amides is 1. The summed E-state index contributed by atoms with van der Waals surface area (Å²) in [7, 11) is 0. The van der Waals surface area contributed by atoms with Gasteiger partial charge in [0, 0.05) is 49.2 Å². The Bertz CT molecular complexity index is 2150. The van der Waals surface area contributed by atoms with Gasteiger partial charge in [0.2, 0.25) is 5.91 Å². The molecule has 4 aromatic carbocycles. The first kappa shape index (κ1) is 32.8. The highest BCUT2D eigenvalue weighted by atomic mass is 35.5. The Morgan fingerprint density at radius 3 is 2.56 bits per heavy atom. The molecule has 1 fully saturated rings. The van der Waals surface area contributed by atoms with Crippen LogP contribution in [-0.2, 0) is 30.9 Å². The predicted octanol–water partition coefficient (Wildman–Crippen LogP) is 7.02. The van der Waals surface area contributed by atoms with E-state index < -0.39 is 11.9 Å². The van der Waals surface area contributed by atoms with Gasteiger partial charge in [0.25, 0.3) is 0 Å². The van der Waals surface area contributed by atoms with Crippen LogP contribution in [0.1, 0.15) is 28.1 Å². The summed E-state index contributed by atoms with van der Waals surface area (Å²) >= 11 is 6.35. The van der Waals surface area contributed by atoms with Crippen molar-refractivity contribution in [2.75, 3.05) is 18.0 Å². The van der Waals surface area contributed by atoms with E-state index in [0.717, 1.165) is 22.5 Å². The van der Waals surface area contributed by atoms with Crippen molar-refractivity contribution >= 4 is 23.2 Å². The van der Waals surface area contributed by atoms with Crippen LogP contribution in [-0.4, -0.2) is 49.5 Å². The van der Waals surface area contributed by atoms with Crippen molar-refractivity contribution in [2.24, 2.45) is 0 Å². The maximum Gasteiger partial charge on any atom is 0.244 e. The van der Waals surface area contributed by atoms with Gasteiger partial charge in [-0.25, -0.2) is 14.4 Å². The van der Waals surface area contributed by atoms with Crippen molar-refractivity contribution in [3.63, 3.8) is 0 Å². The third-order valence-corrected chi connectivity index (χ3v) is 9.10. The fraction of sp³-hybridized carbons (Fsp3) is 0.179. The first-order valence-corrected chi connectivity index (χ1v) is 16.6. The highest BCUT2D eigenvalue weighted by molar-refractivity contribution is 6.31. The number of nitrogens with zero attached hydrogens (tertiary/aromatic N) is 6. The van der Waals surface area contributed by atoms with Crippen LogP contribution in [0.3, 0.4) is 0 Å². The summed E-state index contributed by atoms with van der Waals surface area (Å²) in [6, 6.07) is 31.0. The number of ether oxygens (including phenoxy) is 1. The van der Waals surface area contributed by atoms with Gasteiger partial charge in [-0.2, -0.15) is 5.26 Å². The number of carbonyl (C=O) groups excluding carboxylic acids is 1. The minimum Gasteiger partial charge on any atom is -0.489 e. The number of nitrogens with one attached hydrogen (secondary N) is 1. The number of para-hydroxylation sites is 1. The molecule has 1 N–H and O–H groups in total. The number of hydrogen-bond donors (Lipinski definition) is 1. The van der Waals surface area contributed by atoms with Crippen molar-refractivity contribution in [3.05, 3.63) is 155 Å². The van der Waals surface area contributed by atoms with Crippen molar-refractivity contribution < 1.29 is 13.9 Å². The van der Waals surface area contributed by atoms with E-state index in [2.05, 4.69) is 14.9 Å². The zero-order valence-electron chi connectivity index (χ0n) is 27.0. The van der Waals surface area contributed by atoms with E-state index in [9.17, 15) is 14.4 Å². The van der Waals surface area contributed by atoms with E-state index in [1.54, 1.807) is 35.6 Å². The van der Waals surface area contributed by atoms with Crippen molar-refractivity contribution in [2.45, 2.75) is 32.2 Å². The van der Waals surface area contributed by atoms with Gasteiger partial charge < -0.3 is 19.2 Å². The standard InChI is InChI=1S/C39H33ClFN7O2/c40-31-10-6-11-32(21-31)47-18-17-46(34(39(47)49)20-29-9-4-5-12-36(29)50-26-27-7-2-1-3-8-27)25-37-45-23-35(38-43-15-16-44-38)48(37)24-28-13-14-30(22-42)33(41)19-28/h1-16,19,21,23,34H,17-18,20,24-26H2,(H,43,44). The van der Waals surface area contributed by atoms with Gasteiger partial charge in [-0.3, -0.25) is 9.69 Å². The number of aromatic nitrogens is 4. The van der Waals surface area contributed by atoms with Crippen LogP contribution in [0.2, 0.25) is 5.02 Å². The summed E-state index contributed by atoms with van der Waals surface area (Å²) < 4.78 is 23.0. The van der Waals surface area contributed by atoms with Crippen molar-refractivity contribution in [1.82, 2.24) is 24.4 Å². The largest absolute Gasteiger partial charge is 0.489 e. The molecule has 0 bridgehead atoms. The zero-order valence-corrected chi connectivity index (χ0v) is 27.8. The van der Waals surface area contributed by atoms with Crippen LogP contribution in [0.4, 0.5) is 10.1 Å². The Morgan fingerprint density at radius 1 is 0.940 bits per heavy atom. The molecule has 0 aliphatic carbocycles. The van der Waals surface area contributed by atoms with Gasteiger partial charge in [0.1, 0.15) is 35.8 Å². The third kappa shape index (κ3) is 7.15. The Morgan fingerprint density at radius 2 is 1.78 bits per heavy atom. The number of carbonyl (C=O) groups is 1. The maximum atomic E-state index is 14.7. The molecule has 50 heavy (non-hydrogen) atoms.